The molecule has 0 aliphatic carbocycles. The summed E-state index contributed by atoms with van der Waals surface area (Å²) in [5, 5.41) is 0. The third-order valence-corrected chi connectivity index (χ3v) is 3.39. The Balaban J connectivity index is 2.85. The molecule has 0 aromatic carbocycles. The average Bonchev–Trinajstić information content (AvgIpc) is 2.25. The van der Waals surface area contributed by atoms with E-state index in [0.717, 1.165) is 5.56 Å². The van der Waals surface area contributed by atoms with E-state index in [1.54, 1.807) is 6.20 Å². The maximum atomic E-state index is 10.9. The summed E-state index contributed by atoms with van der Waals surface area (Å²) >= 11 is 3.60. The second-order valence-corrected chi connectivity index (χ2v) is 6.40. The van der Waals surface area contributed by atoms with Gasteiger partial charge in [-0.1, -0.05) is 28.9 Å². The van der Waals surface area contributed by atoms with Crippen molar-refractivity contribution in [1.29, 1.82) is 0 Å². The fourth-order valence-corrected chi connectivity index (χ4v) is 2.48. The van der Waals surface area contributed by atoms with Crippen LogP contribution in [0.25, 0.3) is 0 Å². The third-order valence-electron chi connectivity index (χ3n) is 2.76. The zero-order chi connectivity index (χ0) is 13.8. The molecule has 0 fully saturated rings. The van der Waals surface area contributed by atoms with Crippen molar-refractivity contribution in [2.45, 2.75) is 43.5 Å². The van der Waals surface area contributed by atoms with Crippen molar-refractivity contribution >= 4 is 22.0 Å². The van der Waals surface area contributed by atoms with Crippen molar-refractivity contribution in [2.75, 3.05) is 0 Å². The number of hydrogen-bond donors (Lipinski definition) is 1. The van der Waals surface area contributed by atoms with Crippen LogP contribution in [-0.4, -0.2) is 21.5 Å². The van der Waals surface area contributed by atoms with Gasteiger partial charge in [0.2, 0.25) is 0 Å². The molecule has 18 heavy (non-hydrogen) atoms. The van der Waals surface area contributed by atoms with Crippen LogP contribution in [0.4, 0.5) is 4.79 Å². The first-order valence-corrected chi connectivity index (χ1v) is 6.76. The van der Waals surface area contributed by atoms with Gasteiger partial charge in [-0.25, -0.2) is 4.79 Å². The van der Waals surface area contributed by atoms with Crippen LogP contribution in [0.2, 0.25) is 0 Å². The fraction of sp³-hybridized carbons (Fsp3) is 0.538. The maximum Gasteiger partial charge on any atom is 0.405 e. The number of aromatic nitrogens is 1. The SMILES string of the molecule is C[C@@H](Br)C(CC(C)(C)OC(N)=O)c1cccnc1. The summed E-state index contributed by atoms with van der Waals surface area (Å²) in [4.78, 5) is 15.3. The highest BCUT2D eigenvalue weighted by Gasteiger charge is 2.29. The van der Waals surface area contributed by atoms with E-state index in [1.165, 1.54) is 0 Å². The van der Waals surface area contributed by atoms with E-state index < -0.39 is 11.7 Å². The van der Waals surface area contributed by atoms with Crippen LogP contribution in [0.15, 0.2) is 24.5 Å². The molecule has 1 amide bonds. The lowest BCUT2D eigenvalue weighted by atomic mass is 9.86. The van der Waals surface area contributed by atoms with Crippen LogP contribution < -0.4 is 5.73 Å². The molecule has 0 aliphatic heterocycles. The van der Waals surface area contributed by atoms with Crippen LogP contribution in [0.1, 0.15) is 38.7 Å². The molecule has 1 unspecified atom stereocenters. The Bertz CT molecular complexity index is 393. The summed E-state index contributed by atoms with van der Waals surface area (Å²) in [7, 11) is 0. The number of amides is 1. The molecule has 0 saturated heterocycles. The molecular formula is C13H19BrN2O2. The van der Waals surface area contributed by atoms with E-state index in [9.17, 15) is 4.79 Å². The first-order chi connectivity index (χ1) is 8.32. The number of carbonyl (C=O) groups is 1. The Morgan fingerprint density at radius 2 is 2.28 bits per heavy atom. The van der Waals surface area contributed by atoms with Gasteiger partial charge in [0.05, 0.1) is 0 Å². The molecule has 1 heterocycles. The number of rotatable bonds is 5. The predicted octanol–water partition coefficient (Wildman–Crippen LogP) is 3.21. The zero-order valence-corrected chi connectivity index (χ0v) is 12.5. The van der Waals surface area contributed by atoms with Crippen molar-refractivity contribution in [3.63, 3.8) is 0 Å². The normalized spacial score (nSPS) is 14.9. The summed E-state index contributed by atoms with van der Waals surface area (Å²) in [6.45, 7) is 5.78. The Morgan fingerprint density at radius 1 is 1.61 bits per heavy atom. The monoisotopic (exact) mass is 314 g/mol. The molecule has 1 rings (SSSR count). The van der Waals surface area contributed by atoms with Gasteiger partial charge >= 0.3 is 6.09 Å². The molecule has 0 radical (unpaired) electrons. The van der Waals surface area contributed by atoms with Gasteiger partial charge in [-0.3, -0.25) is 4.98 Å². The molecule has 2 atom stereocenters. The Hall–Kier alpha value is -1.10. The van der Waals surface area contributed by atoms with Crippen LogP contribution in [-0.2, 0) is 4.74 Å². The summed E-state index contributed by atoms with van der Waals surface area (Å²) in [6, 6.07) is 3.93. The zero-order valence-electron chi connectivity index (χ0n) is 10.9. The molecule has 4 nitrogen and oxygen atoms in total. The number of carbonyl (C=O) groups excluding carboxylic acids is 1. The van der Waals surface area contributed by atoms with Gasteiger partial charge in [0.1, 0.15) is 5.60 Å². The number of pyridine rings is 1. The molecule has 100 valence electrons. The molecule has 2 N–H and O–H groups in total. The quantitative estimate of drug-likeness (QED) is 0.849. The van der Waals surface area contributed by atoms with Gasteiger partial charge in [-0.15, -0.1) is 0 Å². The van der Waals surface area contributed by atoms with Gasteiger partial charge in [0, 0.05) is 23.1 Å². The second-order valence-electron chi connectivity index (χ2n) is 4.96. The van der Waals surface area contributed by atoms with Gasteiger partial charge in [-0.2, -0.15) is 0 Å². The molecular weight excluding hydrogens is 296 g/mol. The standard InChI is InChI=1S/C13H19BrN2O2/c1-9(14)11(10-5-4-6-16-8-10)7-13(2,3)18-12(15)17/h4-6,8-9,11H,7H2,1-3H3,(H2,15,17)/t9-,11?/m1/s1. The number of ether oxygens (including phenoxy) is 1. The highest BCUT2D eigenvalue weighted by molar-refractivity contribution is 9.09. The highest BCUT2D eigenvalue weighted by atomic mass is 79.9. The van der Waals surface area contributed by atoms with Gasteiger partial charge in [0.25, 0.3) is 0 Å². The molecule has 0 aliphatic rings. The van der Waals surface area contributed by atoms with E-state index in [2.05, 4.69) is 27.8 Å². The first kappa shape index (κ1) is 15.0. The number of primary amides is 1. The molecule has 1 aromatic heterocycles. The molecule has 0 spiro atoms. The number of alkyl halides is 1. The average molecular weight is 315 g/mol. The molecule has 5 heteroatoms. The maximum absolute atomic E-state index is 10.9. The number of nitrogens with two attached hydrogens (primary N) is 1. The second kappa shape index (κ2) is 6.18. The molecule has 0 saturated carbocycles. The minimum absolute atomic E-state index is 0.202. The van der Waals surface area contributed by atoms with Crippen molar-refractivity contribution in [2.24, 2.45) is 5.73 Å². The first-order valence-electron chi connectivity index (χ1n) is 5.84. The summed E-state index contributed by atoms with van der Waals surface area (Å²) in [5.74, 6) is 0.202. The van der Waals surface area contributed by atoms with Crippen molar-refractivity contribution < 1.29 is 9.53 Å². The minimum Gasteiger partial charge on any atom is -0.444 e. The smallest absolute Gasteiger partial charge is 0.405 e. The van der Waals surface area contributed by atoms with Crippen molar-refractivity contribution in [1.82, 2.24) is 4.98 Å². The van der Waals surface area contributed by atoms with Crippen LogP contribution in [0.5, 0.6) is 0 Å². The third kappa shape index (κ3) is 4.64. The minimum atomic E-state index is -0.743. The lowest BCUT2D eigenvalue weighted by Crippen LogP contribution is -2.34. The number of nitrogens with zero attached hydrogens (tertiary/aromatic N) is 1. The van der Waals surface area contributed by atoms with Crippen molar-refractivity contribution in [3.8, 4) is 0 Å². The Morgan fingerprint density at radius 3 is 2.72 bits per heavy atom. The Labute approximate surface area is 116 Å². The lowest BCUT2D eigenvalue weighted by Gasteiger charge is -2.30. The fourth-order valence-electron chi connectivity index (χ4n) is 1.98. The van der Waals surface area contributed by atoms with Gasteiger partial charge in [0.15, 0.2) is 0 Å². The Kier molecular flexibility index (Phi) is 5.14. The van der Waals surface area contributed by atoms with E-state index >= 15 is 0 Å². The van der Waals surface area contributed by atoms with Crippen LogP contribution in [0.3, 0.4) is 0 Å². The summed E-state index contributed by atoms with van der Waals surface area (Å²) in [6.07, 6.45) is 3.51. The van der Waals surface area contributed by atoms with Crippen LogP contribution >= 0.6 is 15.9 Å². The topological polar surface area (TPSA) is 65.2 Å². The lowest BCUT2D eigenvalue weighted by molar-refractivity contribution is 0.0338. The van der Waals surface area contributed by atoms with Crippen LogP contribution in [0, 0.1) is 0 Å². The number of hydrogen-bond acceptors (Lipinski definition) is 3. The summed E-state index contributed by atoms with van der Waals surface area (Å²) < 4.78 is 5.14. The predicted molar refractivity (Wildman–Crippen MR) is 74.7 cm³/mol. The molecule has 0 bridgehead atoms. The van der Waals surface area contributed by atoms with Crippen molar-refractivity contribution in [3.05, 3.63) is 30.1 Å². The van der Waals surface area contributed by atoms with Gasteiger partial charge in [-0.05, 0) is 31.9 Å². The van der Waals surface area contributed by atoms with E-state index in [4.69, 9.17) is 10.5 Å². The summed E-state index contributed by atoms with van der Waals surface area (Å²) in [5.41, 5.74) is 5.59. The van der Waals surface area contributed by atoms with E-state index in [1.807, 2.05) is 32.2 Å². The number of halogens is 1. The molecule has 1 aromatic rings. The largest absolute Gasteiger partial charge is 0.444 e. The van der Waals surface area contributed by atoms with E-state index in [-0.39, 0.29) is 10.7 Å². The highest BCUT2D eigenvalue weighted by Crippen LogP contribution is 2.33. The van der Waals surface area contributed by atoms with E-state index in [0.29, 0.717) is 6.42 Å². The van der Waals surface area contributed by atoms with Gasteiger partial charge < -0.3 is 10.5 Å².